The molecule has 0 unspecified atom stereocenters. The van der Waals surface area contributed by atoms with Crippen LogP contribution in [0.4, 0.5) is 13.2 Å². The minimum absolute atomic E-state index is 0.209. The lowest BCUT2D eigenvalue weighted by atomic mass is 9.96. The van der Waals surface area contributed by atoms with Gasteiger partial charge in [-0.2, -0.15) is 13.2 Å². The molecule has 0 aromatic heterocycles. The Balaban J connectivity index is 2.34. The van der Waals surface area contributed by atoms with E-state index in [-0.39, 0.29) is 5.75 Å². The second-order valence-corrected chi connectivity index (χ2v) is 8.85. The summed E-state index contributed by atoms with van der Waals surface area (Å²) in [6, 6.07) is 9.22. The highest BCUT2D eigenvalue weighted by Gasteiger charge is 2.35. The highest BCUT2D eigenvalue weighted by Crippen LogP contribution is 2.39. The largest absolute Gasteiger partial charge is 0.457 e. The fourth-order valence-electron chi connectivity index (χ4n) is 2.38. The molecule has 0 fully saturated rings. The molecule has 142 valence electrons. The van der Waals surface area contributed by atoms with Crippen LogP contribution in [0.3, 0.4) is 0 Å². The maximum Gasteiger partial charge on any atom is 0.420 e. The molecule has 0 spiro atoms. The van der Waals surface area contributed by atoms with Gasteiger partial charge < -0.3 is 10.5 Å². The monoisotopic (exact) mass is 387 g/mol. The third kappa shape index (κ3) is 5.47. The summed E-state index contributed by atoms with van der Waals surface area (Å²) in [6.07, 6.45) is -3.30. The Labute approximate surface area is 150 Å². The van der Waals surface area contributed by atoms with Gasteiger partial charge in [0.15, 0.2) is 9.84 Å². The molecule has 0 aliphatic heterocycles. The Morgan fingerprint density at radius 2 is 1.62 bits per heavy atom. The number of sulfone groups is 1. The second kappa shape index (κ2) is 6.92. The Morgan fingerprint density at radius 3 is 2.08 bits per heavy atom. The topological polar surface area (TPSA) is 69.4 Å². The lowest BCUT2D eigenvalue weighted by Crippen LogP contribution is -2.34. The molecule has 0 saturated carbocycles. The lowest BCUT2D eigenvalue weighted by molar-refractivity contribution is -0.138. The number of ether oxygens (including phenoxy) is 1. The van der Waals surface area contributed by atoms with Crippen molar-refractivity contribution in [2.45, 2.75) is 36.9 Å². The average Bonchev–Trinajstić information content (AvgIpc) is 2.46. The lowest BCUT2D eigenvalue weighted by Gasteiger charge is -2.19. The molecule has 2 aromatic rings. The summed E-state index contributed by atoms with van der Waals surface area (Å²) >= 11 is 0. The van der Waals surface area contributed by atoms with E-state index >= 15 is 0 Å². The van der Waals surface area contributed by atoms with Crippen LogP contribution in [0.25, 0.3) is 0 Å². The molecule has 26 heavy (non-hydrogen) atoms. The van der Waals surface area contributed by atoms with E-state index in [4.69, 9.17) is 10.5 Å². The van der Waals surface area contributed by atoms with Gasteiger partial charge in [0.05, 0.1) is 10.5 Å². The summed E-state index contributed by atoms with van der Waals surface area (Å²) in [5, 5.41) is 0. The molecule has 2 aromatic carbocycles. The molecule has 0 atom stereocenters. The minimum atomic E-state index is -4.75. The Hall–Kier alpha value is -2.06. The Morgan fingerprint density at radius 1 is 1.04 bits per heavy atom. The van der Waals surface area contributed by atoms with E-state index in [0.717, 1.165) is 24.0 Å². The molecule has 0 amide bonds. The molecule has 4 nitrogen and oxygen atoms in total. The van der Waals surface area contributed by atoms with Crippen LogP contribution in [0.5, 0.6) is 11.5 Å². The van der Waals surface area contributed by atoms with Crippen molar-refractivity contribution in [2.24, 2.45) is 5.73 Å². The quantitative estimate of drug-likeness (QED) is 0.836. The summed E-state index contributed by atoms with van der Waals surface area (Å²) in [5.74, 6) is -0.252. The summed E-state index contributed by atoms with van der Waals surface area (Å²) in [5.41, 5.74) is 5.31. The van der Waals surface area contributed by atoms with Crippen molar-refractivity contribution in [3.63, 3.8) is 0 Å². The van der Waals surface area contributed by atoms with Gasteiger partial charge in [-0.25, -0.2) is 8.42 Å². The molecule has 2 rings (SSSR count). The van der Waals surface area contributed by atoms with Crippen LogP contribution in [0.15, 0.2) is 47.4 Å². The first-order valence-electron chi connectivity index (χ1n) is 7.73. The molecule has 0 aliphatic carbocycles. The maximum absolute atomic E-state index is 13.3. The third-order valence-electron chi connectivity index (χ3n) is 3.50. The van der Waals surface area contributed by atoms with Gasteiger partial charge in [0.2, 0.25) is 0 Å². The Bertz CT molecular complexity index is 883. The number of nitrogens with two attached hydrogens (primary N) is 1. The van der Waals surface area contributed by atoms with Crippen molar-refractivity contribution in [1.29, 1.82) is 0 Å². The normalized spacial score (nSPS) is 12.9. The number of benzene rings is 2. The number of hydrogen-bond acceptors (Lipinski definition) is 4. The zero-order chi connectivity index (χ0) is 19.8. The first kappa shape index (κ1) is 20.3. The van der Waals surface area contributed by atoms with Gasteiger partial charge in [-0.3, -0.25) is 0 Å². The number of alkyl halides is 3. The number of rotatable bonds is 5. The van der Waals surface area contributed by atoms with Gasteiger partial charge in [-0.05, 0) is 56.2 Å². The molecule has 0 heterocycles. The van der Waals surface area contributed by atoms with E-state index < -0.39 is 37.8 Å². The van der Waals surface area contributed by atoms with E-state index in [1.807, 2.05) is 13.8 Å². The van der Waals surface area contributed by atoms with Crippen LogP contribution >= 0.6 is 0 Å². The van der Waals surface area contributed by atoms with E-state index in [9.17, 15) is 21.6 Å². The van der Waals surface area contributed by atoms with Crippen LogP contribution in [-0.4, -0.2) is 20.2 Å². The summed E-state index contributed by atoms with van der Waals surface area (Å²) in [4.78, 5) is -0.419. The number of halogens is 3. The predicted molar refractivity (Wildman–Crippen MR) is 93.0 cm³/mol. The SMILES string of the molecule is CC(C)(N)Cc1ccc(Oc2ccc(S(C)(=O)=O)cc2C(F)(F)F)cc1. The Kier molecular flexibility index (Phi) is 5.39. The molecule has 0 bridgehead atoms. The first-order valence-corrected chi connectivity index (χ1v) is 9.62. The summed E-state index contributed by atoms with van der Waals surface area (Å²) < 4.78 is 68.2. The zero-order valence-corrected chi connectivity index (χ0v) is 15.4. The average molecular weight is 387 g/mol. The van der Waals surface area contributed by atoms with Crippen LogP contribution in [0, 0.1) is 0 Å². The molecule has 0 aliphatic rings. The standard InChI is InChI=1S/C18H20F3NO3S/c1-17(2,22)11-12-4-6-13(7-5-12)25-16-9-8-14(26(3,23)24)10-15(16)18(19,20)21/h4-10H,11,22H2,1-3H3. The van der Waals surface area contributed by atoms with E-state index in [1.165, 1.54) is 0 Å². The molecule has 8 heteroatoms. The second-order valence-electron chi connectivity index (χ2n) is 6.84. The van der Waals surface area contributed by atoms with Crippen molar-refractivity contribution < 1.29 is 26.3 Å². The van der Waals surface area contributed by atoms with E-state index in [0.29, 0.717) is 12.5 Å². The van der Waals surface area contributed by atoms with Crippen LogP contribution < -0.4 is 10.5 Å². The maximum atomic E-state index is 13.3. The van der Waals surface area contributed by atoms with Crippen LogP contribution in [0.1, 0.15) is 25.0 Å². The van der Waals surface area contributed by atoms with Gasteiger partial charge >= 0.3 is 6.18 Å². The zero-order valence-electron chi connectivity index (χ0n) is 14.6. The van der Waals surface area contributed by atoms with Gasteiger partial charge in [0.1, 0.15) is 11.5 Å². The fourth-order valence-corrected chi connectivity index (χ4v) is 3.03. The molecule has 0 radical (unpaired) electrons. The molecule has 0 saturated heterocycles. The predicted octanol–water partition coefficient (Wildman–Crippen LogP) is 4.18. The van der Waals surface area contributed by atoms with Crippen molar-refractivity contribution in [3.8, 4) is 11.5 Å². The van der Waals surface area contributed by atoms with Crippen molar-refractivity contribution >= 4 is 9.84 Å². The fraction of sp³-hybridized carbons (Fsp3) is 0.333. The number of hydrogen-bond donors (Lipinski definition) is 1. The van der Waals surface area contributed by atoms with Crippen molar-refractivity contribution in [2.75, 3.05) is 6.26 Å². The molecular formula is C18H20F3NO3S. The van der Waals surface area contributed by atoms with Crippen molar-refractivity contribution in [3.05, 3.63) is 53.6 Å². The minimum Gasteiger partial charge on any atom is -0.457 e. The van der Waals surface area contributed by atoms with E-state index in [1.54, 1.807) is 24.3 Å². The highest BCUT2D eigenvalue weighted by atomic mass is 32.2. The van der Waals surface area contributed by atoms with Crippen molar-refractivity contribution in [1.82, 2.24) is 0 Å². The highest BCUT2D eigenvalue weighted by molar-refractivity contribution is 7.90. The van der Waals surface area contributed by atoms with Crippen LogP contribution in [0.2, 0.25) is 0 Å². The van der Waals surface area contributed by atoms with Gasteiger partial charge in [-0.1, -0.05) is 12.1 Å². The summed E-state index contributed by atoms with van der Waals surface area (Å²) in [7, 11) is -3.77. The smallest absolute Gasteiger partial charge is 0.420 e. The van der Waals surface area contributed by atoms with Gasteiger partial charge in [-0.15, -0.1) is 0 Å². The summed E-state index contributed by atoms with van der Waals surface area (Å²) in [6.45, 7) is 3.74. The van der Waals surface area contributed by atoms with Gasteiger partial charge in [0.25, 0.3) is 0 Å². The van der Waals surface area contributed by atoms with Gasteiger partial charge in [0, 0.05) is 11.8 Å². The first-order chi connectivity index (χ1) is 11.8. The molecule has 2 N–H and O–H groups in total. The van der Waals surface area contributed by atoms with Crippen LogP contribution in [-0.2, 0) is 22.4 Å². The molecular weight excluding hydrogens is 367 g/mol. The van der Waals surface area contributed by atoms with E-state index in [2.05, 4.69) is 0 Å². The third-order valence-corrected chi connectivity index (χ3v) is 4.61.